The average Bonchev–Trinajstić information content (AvgIpc) is 3.13. The molecule has 8 nitrogen and oxygen atoms in total. The van der Waals surface area contributed by atoms with Crippen LogP contribution in [-0.4, -0.2) is 45.1 Å². The number of sulfone groups is 1. The number of hydrogen-bond acceptors (Lipinski definition) is 6. The van der Waals surface area contributed by atoms with Crippen LogP contribution in [0.4, 0.5) is 13.2 Å². The van der Waals surface area contributed by atoms with Crippen molar-refractivity contribution in [2.24, 2.45) is 0 Å². The Morgan fingerprint density at radius 2 is 2.06 bits per heavy atom. The zero-order chi connectivity index (χ0) is 23.7. The standard InChI is InChI=1S/C19H22F3N3O5S2/c1-2-31(28)13-6-12(19(20,21)22)7-14(8-13)32(29,30)11-23-16-4-3-5-17-15(16)9-24-25(17)10-18(26)27/h6-9,16,23H,2-5,10-11H2,1H3,(H,26,27)/t16-,31?/m1/s1. The number of carboxylic acid groups (broad SMARTS) is 1. The lowest BCUT2D eigenvalue weighted by atomic mass is 9.93. The zero-order valence-electron chi connectivity index (χ0n) is 17.1. The lowest BCUT2D eigenvalue weighted by Crippen LogP contribution is -2.30. The quantitative estimate of drug-likeness (QED) is 0.580. The van der Waals surface area contributed by atoms with Crippen LogP contribution in [-0.2, 0) is 44.6 Å². The summed E-state index contributed by atoms with van der Waals surface area (Å²) in [6, 6.07) is 1.83. The van der Waals surface area contributed by atoms with E-state index in [2.05, 4.69) is 10.4 Å². The average molecular weight is 494 g/mol. The molecule has 0 fully saturated rings. The van der Waals surface area contributed by atoms with Crippen LogP contribution >= 0.6 is 0 Å². The first-order valence-electron chi connectivity index (χ1n) is 9.75. The van der Waals surface area contributed by atoms with Crippen LogP contribution in [0.5, 0.6) is 0 Å². The third-order valence-corrected chi connectivity index (χ3v) is 7.95. The molecule has 1 aromatic carbocycles. The Morgan fingerprint density at radius 1 is 1.34 bits per heavy atom. The molecule has 1 unspecified atom stereocenters. The van der Waals surface area contributed by atoms with Crippen LogP contribution in [0, 0.1) is 0 Å². The van der Waals surface area contributed by atoms with E-state index in [9.17, 15) is 30.6 Å². The molecular weight excluding hydrogens is 471 g/mol. The Bertz CT molecular complexity index is 1150. The number of rotatable bonds is 8. The third kappa shape index (κ3) is 5.38. The number of aromatic nitrogens is 2. The van der Waals surface area contributed by atoms with Gasteiger partial charge < -0.3 is 5.11 Å². The first-order chi connectivity index (χ1) is 14.9. The Hall–Kier alpha value is -2.25. The fourth-order valence-corrected chi connectivity index (χ4v) is 5.73. The van der Waals surface area contributed by atoms with Gasteiger partial charge in [0.25, 0.3) is 0 Å². The molecule has 176 valence electrons. The minimum absolute atomic E-state index is 0.0459. The maximum atomic E-state index is 13.3. The van der Waals surface area contributed by atoms with Crippen molar-refractivity contribution in [3.05, 3.63) is 41.2 Å². The SMILES string of the molecule is CCS(=O)c1cc(C(F)(F)F)cc(S(=O)(=O)CN[C@@H]2CCCc3c2cnn3CC(=O)O)c1. The van der Waals surface area contributed by atoms with Crippen molar-refractivity contribution in [1.29, 1.82) is 0 Å². The van der Waals surface area contributed by atoms with E-state index in [0.29, 0.717) is 42.7 Å². The molecule has 1 aromatic heterocycles. The number of hydrogen-bond donors (Lipinski definition) is 2. The van der Waals surface area contributed by atoms with Gasteiger partial charge in [0.2, 0.25) is 0 Å². The summed E-state index contributed by atoms with van der Waals surface area (Å²) in [4.78, 5) is 10.2. The molecule has 13 heteroatoms. The molecule has 0 amide bonds. The van der Waals surface area contributed by atoms with Crippen molar-refractivity contribution in [1.82, 2.24) is 15.1 Å². The van der Waals surface area contributed by atoms with E-state index in [-0.39, 0.29) is 17.2 Å². The van der Waals surface area contributed by atoms with Crippen LogP contribution in [0.15, 0.2) is 34.2 Å². The molecule has 1 aliphatic carbocycles. The highest BCUT2D eigenvalue weighted by atomic mass is 32.2. The van der Waals surface area contributed by atoms with Gasteiger partial charge in [0, 0.05) is 27.9 Å². The highest BCUT2D eigenvalue weighted by Crippen LogP contribution is 2.33. The first kappa shape index (κ1) is 24.4. The molecule has 2 aromatic rings. The highest BCUT2D eigenvalue weighted by Gasteiger charge is 2.33. The molecule has 1 heterocycles. The number of halogens is 3. The van der Waals surface area contributed by atoms with Gasteiger partial charge in [-0.3, -0.25) is 19.0 Å². The fraction of sp³-hybridized carbons (Fsp3) is 0.474. The fourth-order valence-electron chi connectivity index (χ4n) is 3.60. The van der Waals surface area contributed by atoms with E-state index >= 15 is 0 Å². The van der Waals surface area contributed by atoms with E-state index < -0.39 is 55.2 Å². The molecule has 0 radical (unpaired) electrons. The molecule has 32 heavy (non-hydrogen) atoms. The maximum Gasteiger partial charge on any atom is 0.416 e. The van der Waals surface area contributed by atoms with Gasteiger partial charge in [-0.1, -0.05) is 6.92 Å². The Balaban J connectivity index is 1.86. The Labute approximate surface area is 185 Å². The second kappa shape index (κ2) is 9.32. The molecule has 2 N–H and O–H groups in total. The third-order valence-electron chi connectivity index (χ3n) is 5.16. The monoisotopic (exact) mass is 493 g/mol. The van der Waals surface area contributed by atoms with Crippen molar-refractivity contribution >= 4 is 26.6 Å². The van der Waals surface area contributed by atoms with Gasteiger partial charge in [0.15, 0.2) is 9.84 Å². The minimum Gasteiger partial charge on any atom is -0.480 e. The summed E-state index contributed by atoms with van der Waals surface area (Å²) in [5.74, 6) is -1.65. The zero-order valence-corrected chi connectivity index (χ0v) is 18.7. The minimum atomic E-state index is -4.79. The number of carbonyl (C=O) groups is 1. The summed E-state index contributed by atoms with van der Waals surface area (Å²) >= 11 is 0. The molecule has 3 rings (SSSR count). The van der Waals surface area contributed by atoms with Gasteiger partial charge in [-0.15, -0.1) is 0 Å². The summed E-state index contributed by atoms with van der Waals surface area (Å²) in [5.41, 5.74) is 0.183. The molecular formula is C19H22F3N3O5S2. The Kier molecular flexibility index (Phi) is 7.10. The first-order valence-corrected chi connectivity index (χ1v) is 12.7. The smallest absolute Gasteiger partial charge is 0.416 e. The number of alkyl halides is 3. The number of aliphatic carboxylic acids is 1. The van der Waals surface area contributed by atoms with Gasteiger partial charge in [0.05, 0.1) is 27.5 Å². The van der Waals surface area contributed by atoms with Crippen molar-refractivity contribution in [3.63, 3.8) is 0 Å². The van der Waals surface area contributed by atoms with E-state index in [4.69, 9.17) is 5.11 Å². The number of fused-ring (bicyclic) bond motifs is 1. The summed E-state index contributed by atoms with van der Waals surface area (Å²) in [6.07, 6.45) is -1.49. The maximum absolute atomic E-state index is 13.3. The van der Waals surface area contributed by atoms with Gasteiger partial charge in [-0.2, -0.15) is 18.3 Å². The second-order valence-corrected chi connectivity index (χ2v) is 11.1. The molecule has 0 aliphatic heterocycles. The lowest BCUT2D eigenvalue weighted by molar-refractivity contribution is -0.138. The second-order valence-electron chi connectivity index (χ2n) is 7.33. The number of benzene rings is 1. The summed E-state index contributed by atoms with van der Waals surface area (Å²) in [6.45, 7) is 1.21. The van der Waals surface area contributed by atoms with Gasteiger partial charge >= 0.3 is 12.1 Å². The molecule has 0 spiro atoms. The van der Waals surface area contributed by atoms with E-state index in [1.165, 1.54) is 17.8 Å². The van der Waals surface area contributed by atoms with Gasteiger partial charge in [0.1, 0.15) is 12.4 Å². The van der Waals surface area contributed by atoms with E-state index in [0.717, 1.165) is 6.07 Å². The summed E-state index contributed by atoms with van der Waals surface area (Å²) in [5, 5.41) is 15.9. The van der Waals surface area contributed by atoms with E-state index in [1.807, 2.05) is 0 Å². The molecule has 1 aliphatic rings. The molecule has 2 atom stereocenters. The molecule has 0 saturated carbocycles. The largest absolute Gasteiger partial charge is 0.480 e. The van der Waals surface area contributed by atoms with Crippen molar-refractivity contribution in [2.75, 3.05) is 11.6 Å². The van der Waals surface area contributed by atoms with Gasteiger partial charge in [-0.25, -0.2) is 8.42 Å². The van der Waals surface area contributed by atoms with Crippen LogP contribution in [0.3, 0.4) is 0 Å². The molecule has 0 bridgehead atoms. The van der Waals surface area contributed by atoms with Crippen molar-refractivity contribution in [3.8, 4) is 0 Å². The topological polar surface area (TPSA) is 118 Å². The predicted octanol–water partition coefficient (Wildman–Crippen LogP) is 2.51. The van der Waals surface area contributed by atoms with Crippen LogP contribution in [0.25, 0.3) is 0 Å². The predicted molar refractivity (Wildman–Crippen MR) is 109 cm³/mol. The van der Waals surface area contributed by atoms with Gasteiger partial charge in [-0.05, 0) is 37.5 Å². The van der Waals surface area contributed by atoms with Crippen LogP contribution < -0.4 is 5.32 Å². The highest BCUT2D eigenvalue weighted by molar-refractivity contribution is 7.91. The van der Waals surface area contributed by atoms with Crippen LogP contribution in [0.2, 0.25) is 0 Å². The van der Waals surface area contributed by atoms with Crippen LogP contribution in [0.1, 0.15) is 42.6 Å². The lowest BCUT2D eigenvalue weighted by Gasteiger charge is -2.24. The number of nitrogens with one attached hydrogen (secondary N) is 1. The summed E-state index contributed by atoms with van der Waals surface area (Å²) in [7, 11) is -5.95. The van der Waals surface area contributed by atoms with Crippen molar-refractivity contribution in [2.45, 2.75) is 54.7 Å². The van der Waals surface area contributed by atoms with E-state index in [1.54, 1.807) is 0 Å². The number of carboxylic acids is 1. The number of nitrogens with zero attached hydrogens (tertiary/aromatic N) is 2. The van der Waals surface area contributed by atoms with Crippen molar-refractivity contribution < 1.29 is 35.7 Å². The summed E-state index contributed by atoms with van der Waals surface area (Å²) < 4.78 is 79.0. The Morgan fingerprint density at radius 3 is 2.69 bits per heavy atom. The molecule has 0 saturated heterocycles. The normalized spacial score (nSPS) is 17.7.